The SMILES string of the molecule is N#Cc1cc(Br)c(S)cc1S(=O)(=O)Cl. The Balaban J connectivity index is 3.61. The van der Waals surface area contributed by atoms with Crippen LogP contribution in [0, 0.1) is 11.3 Å². The van der Waals surface area contributed by atoms with Crippen molar-refractivity contribution < 1.29 is 8.42 Å². The van der Waals surface area contributed by atoms with Crippen LogP contribution in [0.25, 0.3) is 0 Å². The van der Waals surface area contributed by atoms with Crippen LogP contribution in [0.3, 0.4) is 0 Å². The molecule has 0 aliphatic carbocycles. The minimum Gasteiger partial charge on any atom is -0.207 e. The van der Waals surface area contributed by atoms with Gasteiger partial charge in [-0.1, -0.05) is 0 Å². The third-order valence-electron chi connectivity index (χ3n) is 1.43. The first kappa shape index (κ1) is 11.9. The summed E-state index contributed by atoms with van der Waals surface area (Å²) < 4.78 is 22.6. The van der Waals surface area contributed by atoms with Gasteiger partial charge in [-0.25, -0.2) is 8.42 Å². The van der Waals surface area contributed by atoms with Gasteiger partial charge < -0.3 is 0 Å². The summed E-state index contributed by atoms with van der Waals surface area (Å²) in [6, 6.07) is 4.33. The molecule has 0 aromatic heterocycles. The van der Waals surface area contributed by atoms with Crippen molar-refractivity contribution in [2.45, 2.75) is 9.79 Å². The van der Waals surface area contributed by atoms with Gasteiger partial charge in [0.1, 0.15) is 11.0 Å². The van der Waals surface area contributed by atoms with Gasteiger partial charge in [-0.05, 0) is 28.1 Å². The topological polar surface area (TPSA) is 57.9 Å². The predicted octanol–water partition coefficient (Wildman–Crippen LogP) is 2.54. The van der Waals surface area contributed by atoms with Gasteiger partial charge in [-0.2, -0.15) is 5.26 Å². The highest BCUT2D eigenvalue weighted by atomic mass is 79.9. The van der Waals surface area contributed by atoms with Crippen molar-refractivity contribution in [1.29, 1.82) is 5.26 Å². The molecule has 0 aliphatic rings. The fraction of sp³-hybridized carbons (Fsp3) is 0. The fourth-order valence-corrected chi connectivity index (χ4v) is 2.46. The Labute approximate surface area is 99.6 Å². The van der Waals surface area contributed by atoms with Crippen LogP contribution in [-0.4, -0.2) is 8.42 Å². The summed E-state index contributed by atoms with van der Waals surface area (Å²) in [5.74, 6) is 0. The first-order valence-electron chi connectivity index (χ1n) is 3.23. The third kappa shape index (κ3) is 2.42. The highest BCUT2D eigenvalue weighted by Crippen LogP contribution is 2.28. The molecule has 0 saturated heterocycles. The molecule has 0 amide bonds. The van der Waals surface area contributed by atoms with Crippen LogP contribution in [0.15, 0.2) is 26.4 Å². The van der Waals surface area contributed by atoms with Crippen molar-refractivity contribution >= 4 is 48.3 Å². The summed E-state index contributed by atoms with van der Waals surface area (Å²) in [5.41, 5.74) is -0.00956. The van der Waals surface area contributed by atoms with E-state index in [2.05, 4.69) is 28.6 Å². The van der Waals surface area contributed by atoms with Crippen molar-refractivity contribution in [3.8, 4) is 6.07 Å². The summed E-state index contributed by atoms with van der Waals surface area (Å²) in [4.78, 5) is 0.179. The Kier molecular flexibility index (Phi) is 3.48. The number of benzene rings is 1. The molecule has 0 saturated carbocycles. The van der Waals surface area contributed by atoms with Gasteiger partial charge in [-0.15, -0.1) is 12.6 Å². The number of thiol groups is 1. The maximum Gasteiger partial charge on any atom is 0.262 e. The molecule has 0 heterocycles. The molecule has 0 unspecified atom stereocenters. The van der Waals surface area contributed by atoms with Crippen molar-refractivity contribution in [3.63, 3.8) is 0 Å². The smallest absolute Gasteiger partial charge is 0.207 e. The molecule has 0 spiro atoms. The molecule has 1 aromatic carbocycles. The van der Waals surface area contributed by atoms with Gasteiger partial charge in [0.05, 0.1) is 5.56 Å². The normalized spacial score (nSPS) is 11.0. The van der Waals surface area contributed by atoms with Crippen LogP contribution < -0.4 is 0 Å². The van der Waals surface area contributed by atoms with Crippen LogP contribution in [0.4, 0.5) is 0 Å². The summed E-state index contributed by atoms with van der Waals surface area (Å²) in [5, 5.41) is 8.68. The van der Waals surface area contributed by atoms with Gasteiger partial charge in [-0.3, -0.25) is 0 Å². The monoisotopic (exact) mass is 311 g/mol. The van der Waals surface area contributed by atoms with Crippen molar-refractivity contribution in [2.24, 2.45) is 0 Å². The molecular formula is C7H3BrClNO2S2. The van der Waals surface area contributed by atoms with Crippen LogP contribution in [-0.2, 0) is 9.05 Å². The molecule has 74 valence electrons. The van der Waals surface area contributed by atoms with Crippen molar-refractivity contribution in [3.05, 3.63) is 22.2 Å². The lowest BCUT2D eigenvalue weighted by atomic mass is 10.2. The second-order valence-corrected chi connectivity index (χ2v) is 6.22. The average Bonchev–Trinajstić information content (AvgIpc) is 2.07. The van der Waals surface area contributed by atoms with E-state index in [1.807, 2.05) is 0 Å². The summed E-state index contributed by atoms with van der Waals surface area (Å²) >= 11 is 7.13. The van der Waals surface area contributed by atoms with Crippen LogP contribution in [0.5, 0.6) is 0 Å². The Hall–Kier alpha value is -0.220. The zero-order valence-corrected chi connectivity index (χ0v) is 10.6. The molecule has 0 atom stereocenters. The quantitative estimate of drug-likeness (QED) is 0.640. The van der Waals surface area contributed by atoms with Gasteiger partial charge in [0.25, 0.3) is 9.05 Å². The van der Waals surface area contributed by atoms with E-state index < -0.39 is 9.05 Å². The predicted molar refractivity (Wildman–Crippen MR) is 59.1 cm³/mol. The standard InChI is InChI=1S/C7H3BrClNO2S2/c8-5-1-4(3-10)7(2-6(5)13)14(9,11)12/h1-2,13H. The minimum atomic E-state index is -3.90. The average molecular weight is 313 g/mol. The largest absolute Gasteiger partial charge is 0.262 e. The molecule has 0 fully saturated rings. The van der Waals surface area contributed by atoms with Gasteiger partial charge in [0.15, 0.2) is 0 Å². The highest BCUT2D eigenvalue weighted by molar-refractivity contribution is 9.10. The molecule has 3 nitrogen and oxygen atoms in total. The van der Waals surface area contributed by atoms with Crippen LogP contribution in [0.2, 0.25) is 0 Å². The summed E-state index contributed by atoms with van der Waals surface area (Å²) in [6.07, 6.45) is 0. The number of hydrogen-bond donors (Lipinski definition) is 1. The molecule has 1 rings (SSSR count). The fourth-order valence-electron chi connectivity index (χ4n) is 0.832. The molecule has 7 heteroatoms. The first-order chi connectivity index (χ1) is 6.36. The molecule has 0 radical (unpaired) electrons. The zero-order valence-electron chi connectivity index (χ0n) is 6.53. The van der Waals surface area contributed by atoms with E-state index in [4.69, 9.17) is 15.9 Å². The molecule has 0 N–H and O–H groups in total. The van der Waals surface area contributed by atoms with E-state index >= 15 is 0 Å². The molecule has 0 aliphatic heterocycles. The Morgan fingerprint density at radius 2 is 2.07 bits per heavy atom. The Morgan fingerprint density at radius 3 is 2.50 bits per heavy atom. The lowest BCUT2D eigenvalue weighted by Gasteiger charge is -2.02. The van der Waals surface area contributed by atoms with Crippen LogP contribution in [0.1, 0.15) is 5.56 Å². The molecule has 14 heavy (non-hydrogen) atoms. The van der Waals surface area contributed by atoms with E-state index in [9.17, 15) is 8.42 Å². The van der Waals surface area contributed by atoms with E-state index in [-0.39, 0.29) is 10.5 Å². The third-order valence-corrected chi connectivity index (χ3v) is 4.13. The van der Waals surface area contributed by atoms with Gasteiger partial charge in [0, 0.05) is 20.1 Å². The van der Waals surface area contributed by atoms with Crippen LogP contribution >= 0.6 is 39.2 Å². The van der Waals surface area contributed by atoms with E-state index in [1.54, 1.807) is 6.07 Å². The van der Waals surface area contributed by atoms with Crippen molar-refractivity contribution in [2.75, 3.05) is 0 Å². The number of halogens is 2. The van der Waals surface area contributed by atoms with E-state index in [0.717, 1.165) is 0 Å². The second kappa shape index (κ2) is 4.11. The Morgan fingerprint density at radius 1 is 1.50 bits per heavy atom. The highest BCUT2D eigenvalue weighted by Gasteiger charge is 2.17. The number of nitriles is 1. The van der Waals surface area contributed by atoms with Gasteiger partial charge >= 0.3 is 0 Å². The molecule has 1 aromatic rings. The minimum absolute atomic E-state index is 0.00956. The zero-order chi connectivity index (χ0) is 10.9. The first-order valence-corrected chi connectivity index (χ1v) is 6.78. The maximum atomic E-state index is 11.0. The lowest BCUT2D eigenvalue weighted by molar-refractivity contribution is 0.609. The van der Waals surface area contributed by atoms with Crippen molar-refractivity contribution in [1.82, 2.24) is 0 Å². The number of nitrogens with zero attached hydrogens (tertiary/aromatic N) is 1. The van der Waals surface area contributed by atoms with Gasteiger partial charge in [0.2, 0.25) is 0 Å². The maximum absolute atomic E-state index is 11.0. The summed E-state index contributed by atoms with van der Waals surface area (Å²) in [7, 11) is 1.23. The number of hydrogen-bond acceptors (Lipinski definition) is 4. The molecule has 0 bridgehead atoms. The second-order valence-electron chi connectivity index (χ2n) is 2.35. The number of rotatable bonds is 1. The Bertz CT molecular complexity index is 521. The lowest BCUT2D eigenvalue weighted by Crippen LogP contribution is -1.95. The van der Waals surface area contributed by atoms with E-state index in [1.165, 1.54) is 12.1 Å². The summed E-state index contributed by atoms with van der Waals surface area (Å²) in [6.45, 7) is 0. The van der Waals surface area contributed by atoms with E-state index in [0.29, 0.717) is 9.37 Å². The molecular weight excluding hydrogens is 310 g/mol.